The average Bonchev–Trinajstić information content (AvgIpc) is 2.39. The predicted molar refractivity (Wildman–Crippen MR) is 67.2 cm³/mol. The molecule has 3 nitrogen and oxygen atoms in total. The van der Waals surface area contributed by atoms with E-state index in [1.165, 1.54) is 5.56 Å². The minimum atomic E-state index is -0.601. The second kappa shape index (κ2) is 5.58. The molecule has 0 aliphatic rings. The lowest BCUT2D eigenvalue weighted by atomic mass is 9.99. The Kier molecular flexibility index (Phi) is 3.87. The Hall–Kier alpha value is -1.97. The highest BCUT2D eigenvalue weighted by Crippen LogP contribution is 2.24. The molecule has 0 amide bonds. The van der Waals surface area contributed by atoms with Crippen LogP contribution in [0.25, 0.3) is 0 Å². The molecule has 18 heavy (non-hydrogen) atoms. The van der Waals surface area contributed by atoms with E-state index in [2.05, 4.69) is 23.8 Å². The van der Waals surface area contributed by atoms with E-state index in [4.69, 9.17) is 4.74 Å². The molecule has 94 valence electrons. The van der Waals surface area contributed by atoms with Gasteiger partial charge in [0.15, 0.2) is 0 Å². The fourth-order valence-corrected chi connectivity index (χ4v) is 1.59. The van der Waals surface area contributed by atoms with E-state index >= 15 is 0 Å². The zero-order chi connectivity index (χ0) is 13.0. The van der Waals surface area contributed by atoms with E-state index in [0.29, 0.717) is 11.7 Å². The molecule has 1 aromatic carbocycles. The first-order chi connectivity index (χ1) is 8.69. The van der Waals surface area contributed by atoms with Crippen molar-refractivity contribution in [3.05, 3.63) is 48.2 Å². The molecule has 2 aromatic rings. The second-order valence-electron chi connectivity index (χ2n) is 4.16. The molecule has 2 rings (SSSR count). The molecule has 1 aromatic heterocycles. The molecule has 0 aliphatic carbocycles. The van der Waals surface area contributed by atoms with Crippen LogP contribution < -0.4 is 4.74 Å². The third kappa shape index (κ3) is 3.03. The Morgan fingerprint density at radius 3 is 2.56 bits per heavy atom. The van der Waals surface area contributed by atoms with Gasteiger partial charge in [-0.05, 0) is 30.0 Å². The van der Waals surface area contributed by atoms with Crippen LogP contribution >= 0.6 is 0 Å². The van der Waals surface area contributed by atoms with Gasteiger partial charge in [-0.3, -0.25) is 0 Å². The maximum Gasteiger partial charge on any atom is 0.225 e. The smallest absolute Gasteiger partial charge is 0.225 e. The van der Waals surface area contributed by atoms with E-state index in [-0.39, 0.29) is 5.88 Å². The highest BCUT2D eigenvalue weighted by Gasteiger charge is 2.04. The van der Waals surface area contributed by atoms with Crippen molar-refractivity contribution in [3.63, 3.8) is 0 Å². The number of aromatic nitrogens is 2. The van der Waals surface area contributed by atoms with Gasteiger partial charge in [0.05, 0.1) is 6.07 Å². The van der Waals surface area contributed by atoms with Gasteiger partial charge in [-0.25, -0.2) is 9.97 Å². The maximum absolute atomic E-state index is 12.9. The molecule has 0 radical (unpaired) electrons. The van der Waals surface area contributed by atoms with Crippen LogP contribution in [-0.2, 0) is 0 Å². The van der Waals surface area contributed by atoms with Crippen LogP contribution in [0.5, 0.6) is 11.6 Å². The Morgan fingerprint density at radius 1 is 1.22 bits per heavy atom. The summed E-state index contributed by atoms with van der Waals surface area (Å²) < 4.78 is 18.3. The van der Waals surface area contributed by atoms with Crippen molar-refractivity contribution >= 4 is 0 Å². The van der Waals surface area contributed by atoms with Crippen LogP contribution in [-0.4, -0.2) is 9.97 Å². The minimum absolute atomic E-state index is 0.207. The Bertz CT molecular complexity index is 513. The van der Waals surface area contributed by atoms with Crippen LogP contribution in [0.3, 0.4) is 0 Å². The fourth-order valence-electron chi connectivity index (χ4n) is 1.59. The van der Waals surface area contributed by atoms with Gasteiger partial charge in [-0.1, -0.05) is 26.0 Å². The lowest BCUT2D eigenvalue weighted by Crippen LogP contribution is -1.93. The van der Waals surface area contributed by atoms with Gasteiger partial charge in [0.2, 0.25) is 11.8 Å². The first kappa shape index (κ1) is 12.5. The predicted octanol–water partition coefficient (Wildman–Crippen LogP) is 3.92. The van der Waals surface area contributed by atoms with Crippen molar-refractivity contribution in [1.29, 1.82) is 0 Å². The number of hydrogen-bond donors (Lipinski definition) is 0. The standard InChI is InChI=1S/C14H15FN2O/c1-3-10(2)11-4-6-12(7-5-11)18-14-8-13(15)16-9-17-14/h4-10H,3H2,1-2H3. The van der Waals surface area contributed by atoms with E-state index in [0.717, 1.165) is 18.8 Å². The summed E-state index contributed by atoms with van der Waals surface area (Å²) in [6, 6.07) is 8.91. The topological polar surface area (TPSA) is 35.0 Å². The maximum atomic E-state index is 12.9. The summed E-state index contributed by atoms with van der Waals surface area (Å²) in [7, 11) is 0. The Labute approximate surface area is 106 Å². The molecule has 0 N–H and O–H groups in total. The van der Waals surface area contributed by atoms with Crippen molar-refractivity contribution in [2.45, 2.75) is 26.2 Å². The van der Waals surface area contributed by atoms with Gasteiger partial charge in [0.1, 0.15) is 12.1 Å². The van der Waals surface area contributed by atoms with Crippen molar-refractivity contribution in [2.24, 2.45) is 0 Å². The quantitative estimate of drug-likeness (QED) is 0.767. The summed E-state index contributed by atoms with van der Waals surface area (Å²) >= 11 is 0. The minimum Gasteiger partial charge on any atom is -0.439 e. The van der Waals surface area contributed by atoms with Crippen LogP contribution in [0.1, 0.15) is 31.7 Å². The van der Waals surface area contributed by atoms with Gasteiger partial charge in [0, 0.05) is 0 Å². The highest BCUT2D eigenvalue weighted by atomic mass is 19.1. The molecule has 1 unspecified atom stereocenters. The molecule has 1 heterocycles. The summed E-state index contributed by atoms with van der Waals surface area (Å²) in [5.74, 6) is 0.769. The lowest BCUT2D eigenvalue weighted by molar-refractivity contribution is 0.450. The number of benzene rings is 1. The van der Waals surface area contributed by atoms with Crippen LogP contribution in [0.15, 0.2) is 36.7 Å². The van der Waals surface area contributed by atoms with Crippen molar-refractivity contribution in [1.82, 2.24) is 9.97 Å². The largest absolute Gasteiger partial charge is 0.439 e. The summed E-state index contributed by atoms with van der Waals surface area (Å²) in [5.41, 5.74) is 1.26. The summed E-state index contributed by atoms with van der Waals surface area (Å²) in [5, 5.41) is 0. The zero-order valence-electron chi connectivity index (χ0n) is 10.4. The molecule has 0 saturated carbocycles. The van der Waals surface area contributed by atoms with E-state index in [9.17, 15) is 4.39 Å². The third-order valence-corrected chi connectivity index (χ3v) is 2.89. The Morgan fingerprint density at radius 2 is 1.94 bits per heavy atom. The first-order valence-corrected chi connectivity index (χ1v) is 5.94. The molecule has 1 atom stereocenters. The highest BCUT2D eigenvalue weighted by molar-refractivity contribution is 5.31. The summed E-state index contributed by atoms with van der Waals surface area (Å²) in [4.78, 5) is 7.21. The van der Waals surface area contributed by atoms with Crippen molar-refractivity contribution in [2.75, 3.05) is 0 Å². The first-order valence-electron chi connectivity index (χ1n) is 5.94. The Balaban J connectivity index is 2.11. The molecular formula is C14H15FN2O. The summed E-state index contributed by atoms with van der Waals surface area (Å²) in [6.45, 7) is 4.33. The van der Waals surface area contributed by atoms with Gasteiger partial charge in [-0.15, -0.1) is 0 Å². The van der Waals surface area contributed by atoms with E-state index in [1.54, 1.807) is 0 Å². The van der Waals surface area contributed by atoms with E-state index in [1.807, 2.05) is 24.3 Å². The molecule has 4 heteroatoms. The normalized spacial score (nSPS) is 12.2. The number of halogens is 1. The van der Waals surface area contributed by atoms with Crippen LogP contribution in [0, 0.1) is 5.95 Å². The zero-order valence-corrected chi connectivity index (χ0v) is 10.4. The van der Waals surface area contributed by atoms with E-state index < -0.39 is 5.95 Å². The average molecular weight is 246 g/mol. The molecule has 0 aliphatic heterocycles. The third-order valence-electron chi connectivity index (χ3n) is 2.89. The van der Waals surface area contributed by atoms with Crippen molar-refractivity contribution < 1.29 is 9.13 Å². The number of nitrogens with zero attached hydrogens (tertiary/aromatic N) is 2. The molecule has 0 bridgehead atoms. The molecule has 0 saturated heterocycles. The SMILES string of the molecule is CCC(C)c1ccc(Oc2cc(F)ncn2)cc1. The molecular weight excluding hydrogens is 231 g/mol. The molecule has 0 fully saturated rings. The summed E-state index contributed by atoms with van der Waals surface area (Å²) in [6.07, 6.45) is 2.23. The number of rotatable bonds is 4. The lowest BCUT2D eigenvalue weighted by Gasteiger charge is -2.10. The van der Waals surface area contributed by atoms with Crippen molar-refractivity contribution in [3.8, 4) is 11.6 Å². The van der Waals surface area contributed by atoms with Gasteiger partial charge >= 0.3 is 0 Å². The molecule has 0 spiro atoms. The van der Waals surface area contributed by atoms with Gasteiger partial charge < -0.3 is 4.74 Å². The van der Waals surface area contributed by atoms with Gasteiger partial charge in [0.25, 0.3) is 0 Å². The number of ether oxygens (including phenoxy) is 1. The van der Waals surface area contributed by atoms with Crippen LogP contribution in [0.4, 0.5) is 4.39 Å². The van der Waals surface area contributed by atoms with Crippen LogP contribution in [0.2, 0.25) is 0 Å². The van der Waals surface area contributed by atoms with Gasteiger partial charge in [-0.2, -0.15) is 4.39 Å². The second-order valence-corrected chi connectivity index (χ2v) is 4.16. The monoisotopic (exact) mass is 246 g/mol. The fraction of sp³-hybridized carbons (Fsp3) is 0.286. The number of hydrogen-bond acceptors (Lipinski definition) is 3.